The van der Waals surface area contributed by atoms with Crippen molar-refractivity contribution in [3.8, 4) is 16.9 Å². The Labute approximate surface area is 205 Å². The number of benzene rings is 2. The Bertz CT molecular complexity index is 1430. The van der Waals surface area contributed by atoms with Crippen molar-refractivity contribution in [3.05, 3.63) is 73.3 Å². The van der Waals surface area contributed by atoms with Crippen molar-refractivity contribution in [1.29, 1.82) is 0 Å². The Morgan fingerprint density at radius 3 is 2.35 bits per heavy atom. The number of unbranched alkanes of at least 4 members (excludes halogenated alkanes) is 2. The number of hydrogen-bond donors (Lipinski definition) is 1. The van der Waals surface area contributed by atoms with Crippen molar-refractivity contribution in [1.82, 2.24) is 4.90 Å². The molecule has 0 fully saturated rings. The monoisotopic (exact) mass is 525 g/mol. The largest absolute Gasteiger partial charge is 0.507 e. The summed E-state index contributed by atoms with van der Waals surface area (Å²) < 4.78 is 12.0. The molecule has 0 saturated carbocycles. The van der Waals surface area contributed by atoms with Gasteiger partial charge in [-0.3, -0.25) is 4.90 Å². The fourth-order valence-electron chi connectivity index (χ4n) is 4.19. The summed E-state index contributed by atoms with van der Waals surface area (Å²) in [6, 6.07) is 11.7. The van der Waals surface area contributed by atoms with Gasteiger partial charge in [-0.25, -0.2) is 9.59 Å². The molecule has 7 heteroatoms. The summed E-state index contributed by atoms with van der Waals surface area (Å²) in [6.07, 6.45) is 4.21. The molecular weight excluding hydrogens is 498 g/mol. The van der Waals surface area contributed by atoms with E-state index in [2.05, 4.69) is 34.7 Å². The van der Waals surface area contributed by atoms with Crippen LogP contribution in [0.1, 0.15) is 45.1 Å². The summed E-state index contributed by atoms with van der Waals surface area (Å²) >= 11 is 3.44. The molecule has 6 nitrogen and oxygen atoms in total. The molecule has 34 heavy (non-hydrogen) atoms. The lowest BCUT2D eigenvalue weighted by Crippen LogP contribution is -2.26. The highest BCUT2D eigenvalue weighted by atomic mass is 79.9. The van der Waals surface area contributed by atoms with Crippen LogP contribution >= 0.6 is 15.9 Å². The smallest absolute Gasteiger partial charge is 0.344 e. The van der Waals surface area contributed by atoms with Crippen LogP contribution in [0.25, 0.3) is 33.1 Å². The lowest BCUT2D eigenvalue weighted by molar-refractivity contribution is 0.253. The molecule has 0 aliphatic heterocycles. The molecule has 0 saturated heterocycles. The SMILES string of the molecule is CCCCN(CCCC)Cc1c(O)ccc2c(-c3cc4cc(Br)ccc4oc3=O)cc(=O)oc12. The summed E-state index contributed by atoms with van der Waals surface area (Å²) in [6.45, 7) is 6.52. The van der Waals surface area contributed by atoms with Gasteiger partial charge in [-0.2, -0.15) is 0 Å². The van der Waals surface area contributed by atoms with Crippen LogP contribution in [0.5, 0.6) is 5.75 Å². The van der Waals surface area contributed by atoms with Crippen LogP contribution in [-0.4, -0.2) is 23.1 Å². The van der Waals surface area contributed by atoms with Gasteiger partial charge in [0.15, 0.2) is 0 Å². The van der Waals surface area contributed by atoms with E-state index in [9.17, 15) is 14.7 Å². The van der Waals surface area contributed by atoms with E-state index in [0.717, 1.165) is 48.6 Å². The third kappa shape index (κ3) is 5.10. The minimum Gasteiger partial charge on any atom is -0.507 e. The summed E-state index contributed by atoms with van der Waals surface area (Å²) in [5.74, 6) is 0.0697. The Hall–Kier alpha value is -2.90. The molecule has 4 aromatic rings. The fourth-order valence-corrected chi connectivity index (χ4v) is 4.57. The Morgan fingerprint density at radius 1 is 0.912 bits per heavy atom. The standard InChI is InChI=1S/C27H28BrNO5/c1-3-5-11-29(12-6-4-2)16-22-23(30)9-8-19-20(15-25(31)34-26(19)22)21-14-17-13-18(28)7-10-24(17)33-27(21)32/h7-10,13-15,30H,3-6,11-12,16H2,1-2H3. The van der Waals surface area contributed by atoms with E-state index in [-0.39, 0.29) is 11.3 Å². The molecule has 0 bridgehead atoms. The predicted molar refractivity (Wildman–Crippen MR) is 138 cm³/mol. The number of fused-ring (bicyclic) bond motifs is 2. The number of rotatable bonds is 9. The lowest BCUT2D eigenvalue weighted by atomic mass is 9.99. The Balaban J connectivity index is 1.88. The zero-order valence-electron chi connectivity index (χ0n) is 19.4. The van der Waals surface area contributed by atoms with Crippen molar-refractivity contribution >= 4 is 37.9 Å². The third-order valence-corrected chi connectivity index (χ3v) is 6.51. The second-order valence-electron chi connectivity index (χ2n) is 8.53. The average molecular weight is 526 g/mol. The zero-order valence-corrected chi connectivity index (χ0v) is 21.0. The van der Waals surface area contributed by atoms with Gasteiger partial charge in [0.1, 0.15) is 16.9 Å². The van der Waals surface area contributed by atoms with Crippen LogP contribution in [-0.2, 0) is 6.54 Å². The maximum absolute atomic E-state index is 12.9. The van der Waals surface area contributed by atoms with Gasteiger partial charge in [0.2, 0.25) is 0 Å². The number of phenolic OH excluding ortho intramolecular Hbond substituents is 1. The molecule has 0 amide bonds. The maximum Gasteiger partial charge on any atom is 0.344 e. The first-order chi connectivity index (χ1) is 16.4. The molecule has 0 atom stereocenters. The zero-order chi connectivity index (χ0) is 24.2. The molecular formula is C27H28BrNO5. The molecule has 0 unspecified atom stereocenters. The molecule has 0 radical (unpaired) electrons. The van der Waals surface area contributed by atoms with E-state index in [1.54, 1.807) is 30.3 Å². The van der Waals surface area contributed by atoms with Gasteiger partial charge in [0.05, 0.1) is 11.1 Å². The van der Waals surface area contributed by atoms with E-state index in [1.807, 2.05) is 6.07 Å². The van der Waals surface area contributed by atoms with Crippen molar-refractivity contribution in [3.63, 3.8) is 0 Å². The van der Waals surface area contributed by atoms with Crippen LogP contribution in [0.4, 0.5) is 0 Å². The highest BCUT2D eigenvalue weighted by Crippen LogP contribution is 2.34. The van der Waals surface area contributed by atoms with Crippen molar-refractivity contribution in [2.45, 2.75) is 46.1 Å². The average Bonchev–Trinajstić information content (AvgIpc) is 2.81. The fraction of sp³-hybridized carbons (Fsp3) is 0.333. The second-order valence-corrected chi connectivity index (χ2v) is 9.45. The summed E-state index contributed by atoms with van der Waals surface area (Å²) in [5, 5.41) is 12.0. The molecule has 4 rings (SSSR count). The Morgan fingerprint density at radius 2 is 1.65 bits per heavy atom. The van der Waals surface area contributed by atoms with Crippen molar-refractivity contribution in [2.75, 3.05) is 13.1 Å². The van der Waals surface area contributed by atoms with Crippen LogP contribution in [0.15, 0.2) is 65.4 Å². The number of phenols is 1. The summed E-state index contributed by atoms with van der Waals surface area (Å²) in [5.41, 5.74) is 0.891. The number of nitrogens with zero attached hydrogens (tertiary/aromatic N) is 1. The molecule has 2 heterocycles. The summed E-state index contributed by atoms with van der Waals surface area (Å²) in [7, 11) is 0. The molecule has 1 N–H and O–H groups in total. The quantitative estimate of drug-likeness (QED) is 0.253. The molecule has 0 spiro atoms. The topological polar surface area (TPSA) is 83.9 Å². The van der Waals surface area contributed by atoms with Gasteiger partial charge in [-0.1, -0.05) is 42.6 Å². The number of aromatic hydroxyl groups is 1. The number of halogens is 1. The van der Waals surface area contributed by atoms with Gasteiger partial charge >= 0.3 is 11.3 Å². The first kappa shape index (κ1) is 24.2. The van der Waals surface area contributed by atoms with Gasteiger partial charge in [0, 0.05) is 33.4 Å². The van der Waals surface area contributed by atoms with E-state index < -0.39 is 11.3 Å². The molecule has 178 valence electrons. The molecule has 2 aromatic carbocycles. The van der Waals surface area contributed by atoms with Crippen LogP contribution in [0.2, 0.25) is 0 Å². The minimum atomic E-state index is -0.586. The highest BCUT2D eigenvalue weighted by Gasteiger charge is 2.19. The first-order valence-electron chi connectivity index (χ1n) is 11.7. The van der Waals surface area contributed by atoms with Gasteiger partial charge in [-0.15, -0.1) is 0 Å². The minimum absolute atomic E-state index is 0.0697. The molecule has 2 aromatic heterocycles. The van der Waals surface area contributed by atoms with Gasteiger partial charge < -0.3 is 13.9 Å². The van der Waals surface area contributed by atoms with Crippen LogP contribution in [0.3, 0.4) is 0 Å². The molecule has 0 aliphatic rings. The van der Waals surface area contributed by atoms with E-state index in [4.69, 9.17) is 8.83 Å². The van der Waals surface area contributed by atoms with E-state index in [1.165, 1.54) is 6.07 Å². The van der Waals surface area contributed by atoms with Gasteiger partial charge in [-0.05, 0) is 62.3 Å². The van der Waals surface area contributed by atoms with E-state index in [0.29, 0.717) is 34.2 Å². The van der Waals surface area contributed by atoms with Crippen LogP contribution in [0, 0.1) is 0 Å². The molecule has 0 aliphatic carbocycles. The predicted octanol–water partition coefficient (Wildman–Crippen LogP) is 6.44. The number of hydrogen-bond acceptors (Lipinski definition) is 6. The summed E-state index contributed by atoms with van der Waals surface area (Å²) in [4.78, 5) is 27.7. The van der Waals surface area contributed by atoms with Crippen molar-refractivity contribution in [2.24, 2.45) is 0 Å². The normalized spacial score (nSPS) is 11.6. The van der Waals surface area contributed by atoms with Gasteiger partial charge in [0.25, 0.3) is 0 Å². The second kappa shape index (κ2) is 10.6. The van der Waals surface area contributed by atoms with Crippen LogP contribution < -0.4 is 11.3 Å². The van der Waals surface area contributed by atoms with Crippen molar-refractivity contribution < 1.29 is 13.9 Å². The lowest BCUT2D eigenvalue weighted by Gasteiger charge is -2.23. The highest BCUT2D eigenvalue weighted by molar-refractivity contribution is 9.10. The Kier molecular flexibility index (Phi) is 7.54. The maximum atomic E-state index is 12.9. The van der Waals surface area contributed by atoms with E-state index >= 15 is 0 Å². The third-order valence-electron chi connectivity index (χ3n) is 6.01. The first-order valence-corrected chi connectivity index (χ1v) is 12.5.